The molecule has 0 unspecified atom stereocenters. The van der Waals surface area contributed by atoms with E-state index >= 15 is 0 Å². The lowest BCUT2D eigenvalue weighted by molar-refractivity contribution is 0.0208. The molecule has 2 atom stereocenters. The Labute approximate surface area is 107 Å². The van der Waals surface area contributed by atoms with Crippen LogP contribution in [0.5, 0.6) is 0 Å². The van der Waals surface area contributed by atoms with E-state index in [0.717, 1.165) is 18.7 Å². The molecule has 2 rings (SSSR count). The maximum absolute atomic E-state index is 10.2. The van der Waals surface area contributed by atoms with Crippen molar-refractivity contribution >= 4 is 0 Å². The second-order valence-corrected chi connectivity index (χ2v) is 4.37. The molecule has 1 aliphatic rings. The van der Waals surface area contributed by atoms with Crippen LogP contribution in [0.15, 0.2) is 24.5 Å². The van der Waals surface area contributed by atoms with Gasteiger partial charge in [-0.05, 0) is 17.7 Å². The lowest BCUT2D eigenvalue weighted by Crippen LogP contribution is -2.40. The second kappa shape index (κ2) is 6.45. The molecule has 1 aliphatic heterocycles. The van der Waals surface area contributed by atoms with Crippen LogP contribution in [0.1, 0.15) is 11.7 Å². The maximum Gasteiger partial charge on any atom is 0.0961 e. The van der Waals surface area contributed by atoms with Crippen molar-refractivity contribution < 1.29 is 9.84 Å². The van der Waals surface area contributed by atoms with Crippen LogP contribution in [0, 0.1) is 17.2 Å². The monoisotopic (exact) mass is 247 g/mol. The third kappa shape index (κ3) is 3.26. The molecule has 5 heteroatoms. The Morgan fingerprint density at radius 1 is 1.39 bits per heavy atom. The number of nitriles is 1. The number of aliphatic hydroxyl groups excluding tert-OH is 1. The SMILES string of the molecule is N#C[C@H](CN1CCOCC1)[C@H](O)c1ccncc1. The van der Waals surface area contributed by atoms with Gasteiger partial charge in [0.1, 0.15) is 0 Å². The molecule has 2 heterocycles. The molecule has 1 fully saturated rings. The maximum atomic E-state index is 10.2. The molecular formula is C13H17N3O2. The Bertz CT molecular complexity index is 398. The van der Waals surface area contributed by atoms with Gasteiger partial charge in [0.2, 0.25) is 0 Å². The third-order valence-electron chi connectivity index (χ3n) is 3.15. The van der Waals surface area contributed by atoms with Crippen LogP contribution in [0.3, 0.4) is 0 Å². The predicted octanol–water partition coefficient (Wildman–Crippen LogP) is 0.587. The summed E-state index contributed by atoms with van der Waals surface area (Å²) in [5, 5.41) is 19.4. The first-order chi connectivity index (χ1) is 8.81. The van der Waals surface area contributed by atoms with Gasteiger partial charge in [-0.1, -0.05) is 0 Å². The summed E-state index contributed by atoms with van der Waals surface area (Å²) in [6, 6.07) is 5.68. The fourth-order valence-electron chi connectivity index (χ4n) is 2.07. The molecule has 96 valence electrons. The van der Waals surface area contributed by atoms with Gasteiger partial charge in [0.15, 0.2) is 0 Å². The number of hydrogen-bond acceptors (Lipinski definition) is 5. The summed E-state index contributed by atoms with van der Waals surface area (Å²) < 4.78 is 5.26. The van der Waals surface area contributed by atoms with Crippen LogP contribution in [0.25, 0.3) is 0 Å². The molecular weight excluding hydrogens is 230 g/mol. The molecule has 0 aliphatic carbocycles. The van der Waals surface area contributed by atoms with Crippen molar-refractivity contribution in [3.8, 4) is 6.07 Å². The number of rotatable bonds is 4. The van der Waals surface area contributed by atoms with Crippen molar-refractivity contribution in [2.75, 3.05) is 32.8 Å². The van der Waals surface area contributed by atoms with Crippen LogP contribution >= 0.6 is 0 Å². The van der Waals surface area contributed by atoms with Crippen molar-refractivity contribution in [1.29, 1.82) is 5.26 Å². The van der Waals surface area contributed by atoms with Crippen molar-refractivity contribution in [3.05, 3.63) is 30.1 Å². The van der Waals surface area contributed by atoms with Crippen LogP contribution in [-0.4, -0.2) is 47.8 Å². The zero-order valence-electron chi connectivity index (χ0n) is 10.2. The number of hydrogen-bond donors (Lipinski definition) is 1. The van der Waals surface area contributed by atoms with Crippen LogP contribution < -0.4 is 0 Å². The number of morpholine rings is 1. The zero-order chi connectivity index (χ0) is 12.8. The summed E-state index contributed by atoms with van der Waals surface area (Å²) in [6.45, 7) is 3.61. The molecule has 0 radical (unpaired) electrons. The molecule has 18 heavy (non-hydrogen) atoms. The van der Waals surface area contributed by atoms with Gasteiger partial charge in [-0.25, -0.2) is 0 Å². The van der Waals surface area contributed by atoms with E-state index in [-0.39, 0.29) is 0 Å². The highest BCUT2D eigenvalue weighted by molar-refractivity contribution is 5.16. The molecule has 5 nitrogen and oxygen atoms in total. The van der Waals surface area contributed by atoms with Gasteiger partial charge in [-0.15, -0.1) is 0 Å². The highest BCUT2D eigenvalue weighted by Gasteiger charge is 2.24. The van der Waals surface area contributed by atoms with E-state index in [1.807, 2.05) is 0 Å². The molecule has 1 saturated heterocycles. The zero-order valence-corrected chi connectivity index (χ0v) is 10.2. The molecule has 0 spiro atoms. The Morgan fingerprint density at radius 2 is 2.06 bits per heavy atom. The summed E-state index contributed by atoms with van der Waals surface area (Å²) in [7, 11) is 0. The number of nitrogens with zero attached hydrogens (tertiary/aromatic N) is 3. The molecule has 1 aromatic heterocycles. The van der Waals surface area contributed by atoms with Crippen molar-refractivity contribution in [2.45, 2.75) is 6.10 Å². The van der Waals surface area contributed by atoms with Crippen LogP contribution in [0.4, 0.5) is 0 Å². The molecule has 0 aromatic carbocycles. The summed E-state index contributed by atoms with van der Waals surface area (Å²) in [4.78, 5) is 6.06. The van der Waals surface area contributed by atoms with E-state index in [0.29, 0.717) is 19.8 Å². The van der Waals surface area contributed by atoms with Gasteiger partial charge < -0.3 is 9.84 Å². The average Bonchev–Trinajstić information content (AvgIpc) is 2.46. The standard InChI is InChI=1S/C13H17N3O2/c14-9-12(10-16-5-7-18-8-6-16)13(17)11-1-3-15-4-2-11/h1-4,12-13,17H,5-8,10H2/t12-,13-/m1/s1. The number of pyridine rings is 1. The summed E-state index contributed by atoms with van der Waals surface area (Å²) in [6.07, 6.45) is 2.49. The van der Waals surface area contributed by atoms with Gasteiger partial charge in [0.25, 0.3) is 0 Å². The first-order valence-electron chi connectivity index (χ1n) is 6.09. The van der Waals surface area contributed by atoms with Gasteiger partial charge in [0.05, 0.1) is 31.3 Å². The van der Waals surface area contributed by atoms with Crippen LogP contribution in [-0.2, 0) is 4.74 Å². The normalized spacial score (nSPS) is 20.0. The quantitative estimate of drug-likeness (QED) is 0.843. The molecule has 0 amide bonds. The summed E-state index contributed by atoms with van der Waals surface area (Å²) in [5.74, 6) is -0.425. The van der Waals surface area contributed by atoms with Crippen molar-refractivity contribution in [2.24, 2.45) is 5.92 Å². The first kappa shape index (κ1) is 13.0. The summed E-state index contributed by atoms with van der Waals surface area (Å²) in [5.41, 5.74) is 0.741. The van der Waals surface area contributed by atoms with Crippen LogP contribution in [0.2, 0.25) is 0 Å². The van der Waals surface area contributed by atoms with E-state index in [2.05, 4.69) is 16.0 Å². The minimum Gasteiger partial charge on any atom is -0.387 e. The first-order valence-corrected chi connectivity index (χ1v) is 6.09. The highest BCUT2D eigenvalue weighted by atomic mass is 16.5. The topological polar surface area (TPSA) is 69.4 Å². The van der Waals surface area contributed by atoms with Gasteiger partial charge >= 0.3 is 0 Å². The van der Waals surface area contributed by atoms with Gasteiger partial charge in [0, 0.05) is 32.0 Å². The second-order valence-electron chi connectivity index (χ2n) is 4.37. The Balaban J connectivity index is 1.98. The van der Waals surface area contributed by atoms with E-state index in [4.69, 9.17) is 4.74 Å². The highest BCUT2D eigenvalue weighted by Crippen LogP contribution is 2.22. The fraction of sp³-hybridized carbons (Fsp3) is 0.538. The molecule has 0 bridgehead atoms. The molecule has 1 aromatic rings. The largest absolute Gasteiger partial charge is 0.387 e. The predicted molar refractivity (Wildman–Crippen MR) is 65.6 cm³/mol. The van der Waals surface area contributed by atoms with Crippen molar-refractivity contribution in [3.63, 3.8) is 0 Å². The molecule has 0 saturated carbocycles. The Kier molecular flexibility index (Phi) is 4.65. The summed E-state index contributed by atoms with van der Waals surface area (Å²) >= 11 is 0. The number of aromatic nitrogens is 1. The fourth-order valence-corrected chi connectivity index (χ4v) is 2.07. The average molecular weight is 247 g/mol. The Hall–Kier alpha value is -1.48. The Morgan fingerprint density at radius 3 is 2.67 bits per heavy atom. The van der Waals surface area contributed by atoms with Gasteiger partial charge in [-0.3, -0.25) is 9.88 Å². The minimum absolute atomic E-state index is 0.425. The lowest BCUT2D eigenvalue weighted by atomic mass is 9.97. The van der Waals surface area contributed by atoms with E-state index in [9.17, 15) is 10.4 Å². The number of ether oxygens (including phenoxy) is 1. The molecule has 1 N–H and O–H groups in total. The van der Waals surface area contributed by atoms with Crippen molar-refractivity contribution in [1.82, 2.24) is 9.88 Å². The third-order valence-corrected chi connectivity index (χ3v) is 3.15. The number of aliphatic hydroxyl groups is 1. The minimum atomic E-state index is -0.763. The van der Waals surface area contributed by atoms with E-state index in [1.54, 1.807) is 24.5 Å². The van der Waals surface area contributed by atoms with Gasteiger partial charge in [-0.2, -0.15) is 5.26 Å². The van der Waals surface area contributed by atoms with E-state index < -0.39 is 12.0 Å². The smallest absolute Gasteiger partial charge is 0.0961 e. The van der Waals surface area contributed by atoms with E-state index in [1.165, 1.54) is 0 Å². The lowest BCUT2D eigenvalue weighted by Gasteiger charge is -2.29.